The number of fused-ring (bicyclic) bond motifs is 2. The van der Waals surface area contributed by atoms with Gasteiger partial charge in [-0.25, -0.2) is 4.68 Å². The number of ketones is 1. The summed E-state index contributed by atoms with van der Waals surface area (Å²) in [4.78, 5) is 14.1. The summed E-state index contributed by atoms with van der Waals surface area (Å²) in [6, 6.07) is 11.3. The van der Waals surface area contributed by atoms with Crippen molar-refractivity contribution in [1.82, 2.24) is 30.1 Å². The van der Waals surface area contributed by atoms with Crippen LogP contribution in [0.4, 0.5) is 0 Å². The largest absolute Gasteiger partial charge is 0.383 e. The molecule has 1 N–H and O–H groups in total. The maximum absolute atomic E-state index is 12.3. The molecule has 0 saturated heterocycles. The summed E-state index contributed by atoms with van der Waals surface area (Å²) in [6.45, 7) is 0. The van der Waals surface area contributed by atoms with Crippen LogP contribution in [0.5, 0.6) is 0 Å². The molecule has 2 aromatic carbocycles. The van der Waals surface area contributed by atoms with Crippen LogP contribution < -0.4 is 0 Å². The van der Waals surface area contributed by atoms with E-state index in [9.17, 15) is 4.79 Å². The number of benzene rings is 2. The van der Waals surface area contributed by atoms with Crippen LogP contribution in [0.1, 0.15) is 10.4 Å². The molecule has 124 valence electrons. The van der Waals surface area contributed by atoms with E-state index in [1.54, 1.807) is 29.2 Å². The summed E-state index contributed by atoms with van der Waals surface area (Å²) in [5.41, 5.74) is 3.88. The Hall–Kier alpha value is -3.48. The number of rotatable bonds is 4. The van der Waals surface area contributed by atoms with Crippen LogP contribution in [-0.2, 0) is 0 Å². The first-order valence-electron chi connectivity index (χ1n) is 7.80. The second-order valence-corrected chi connectivity index (χ2v) is 5.99. The van der Waals surface area contributed by atoms with Crippen LogP contribution in [0.3, 0.4) is 0 Å². The Morgan fingerprint density at radius 3 is 2.92 bits per heavy atom. The number of aromatic amines is 1. The van der Waals surface area contributed by atoms with Gasteiger partial charge in [0.2, 0.25) is 0 Å². The number of carbonyl (C=O) groups excluding carboxylic acids is 1. The molecular formula is C18H16N6O. The van der Waals surface area contributed by atoms with E-state index in [-0.39, 0.29) is 5.78 Å². The summed E-state index contributed by atoms with van der Waals surface area (Å²) in [7, 11) is 3.75. The highest BCUT2D eigenvalue weighted by atomic mass is 16.1. The smallest absolute Gasteiger partial charge is 0.187 e. The maximum atomic E-state index is 12.3. The molecule has 0 radical (unpaired) electrons. The molecule has 0 aliphatic carbocycles. The minimum atomic E-state index is -0.0626. The standard InChI is InChI=1S/C18H16N6O/c1-23(2)8-7-18(25)12-4-6-15-17(9-12)24(22-21-15)14-5-3-13-11-19-20-16(13)10-14/h3-11H,1-2H3,(H,19,20)/b8-7+. The van der Waals surface area contributed by atoms with Crippen LogP contribution >= 0.6 is 0 Å². The lowest BCUT2D eigenvalue weighted by atomic mass is 10.1. The lowest BCUT2D eigenvalue weighted by Crippen LogP contribution is -2.03. The van der Waals surface area contributed by atoms with Crippen LogP contribution in [0.2, 0.25) is 0 Å². The Morgan fingerprint density at radius 2 is 2.08 bits per heavy atom. The molecule has 25 heavy (non-hydrogen) atoms. The van der Waals surface area contributed by atoms with E-state index in [2.05, 4.69) is 20.5 Å². The van der Waals surface area contributed by atoms with Crippen LogP contribution in [0.25, 0.3) is 27.6 Å². The van der Waals surface area contributed by atoms with E-state index < -0.39 is 0 Å². The number of hydrogen-bond acceptors (Lipinski definition) is 5. The van der Waals surface area contributed by atoms with Crippen molar-refractivity contribution in [2.45, 2.75) is 0 Å². The van der Waals surface area contributed by atoms with E-state index in [0.29, 0.717) is 5.56 Å². The lowest BCUT2D eigenvalue weighted by Gasteiger charge is -2.04. The Morgan fingerprint density at radius 1 is 1.20 bits per heavy atom. The SMILES string of the molecule is CN(C)/C=C/C(=O)c1ccc2nnn(-c3ccc4cn[nH]c4c3)c2c1. The molecule has 7 heteroatoms. The molecule has 0 unspecified atom stereocenters. The molecule has 2 aromatic heterocycles. The van der Waals surface area contributed by atoms with Crippen molar-refractivity contribution < 1.29 is 4.79 Å². The average molecular weight is 332 g/mol. The molecule has 0 aliphatic rings. The highest BCUT2D eigenvalue weighted by Gasteiger charge is 2.11. The predicted octanol–water partition coefficient (Wildman–Crippen LogP) is 2.55. The van der Waals surface area contributed by atoms with Gasteiger partial charge in [-0.15, -0.1) is 5.10 Å². The fourth-order valence-electron chi connectivity index (χ4n) is 2.63. The Labute approximate surface area is 143 Å². The van der Waals surface area contributed by atoms with Gasteiger partial charge in [0.25, 0.3) is 0 Å². The molecular weight excluding hydrogens is 316 g/mol. The summed E-state index contributed by atoms with van der Waals surface area (Å²) < 4.78 is 1.72. The molecule has 7 nitrogen and oxygen atoms in total. The number of carbonyl (C=O) groups is 1. The monoisotopic (exact) mass is 332 g/mol. The molecule has 0 atom stereocenters. The van der Waals surface area contributed by atoms with E-state index in [0.717, 1.165) is 27.6 Å². The molecule has 2 heterocycles. The Balaban J connectivity index is 1.79. The van der Waals surface area contributed by atoms with Crippen molar-refractivity contribution in [2.75, 3.05) is 14.1 Å². The first kappa shape index (κ1) is 15.1. The number of nitrogens with one attached hydrogen (secondary N) is 1. The third-order valence-electron chi connectivity index (χ3n) is 3.92. The van der Waals surface area contributed by atoms with Gasteiger partial charge in [-0.05, 0) is 36.4 Å². The van der Waals surface area contributed by atoms with Crippen molar-refractivity contribution in [3.63, 3.8) is 0 Å². The summed E-state index contributed by atoms with van der Waals surface area (Å²) in [5.74, 6) is -0.0626. The summed E-state index contributed by atoms with van der Waals surface area (Å²) in [6.07, 6.45) is 5.05. The topological polar surface area (TPSA) is 79.7 Å². The minimum absolute atomic E-state index is 0.0626. The zero-order valence-electron chi connectivity index (χ0n) is 13.8. The highest BCUT2D eigenvalue weighted by Crippen LogP contribution is 2.21. The quantitative estimate of drug-likeness (QED) is 0.459. The van der Waals surface area contributed by atoms with Gasteiger partial charge in [0, 0.05) is 37.3 Å². The third kappa shape index (κ3) is 2.76. The highest BCUT2D eigenvalue weighted by molar-refractivity contribution is 6.06. The Bertz CT molecular complexity index is 1110. The van der Waals surface area contributed by atoms with E-state index in [1.165, 1.54) is 0 Å². The van der Waals surface area contributed by atoms with Crippen molar-refractivity contribution in [3.8, 4) is 5.69 Å². The third-order valence-corrected chi connectivity index (χ3v) is 3.92. The van der Waals surface area contributed by atoms with Gasteiger partial charge in [0.15, 0.2) is 5.78 Å². The van der Waals surface area contributed by atoms with Gasteiger partial charge in [-0.2, -0.15) is 5.10 Å². The second kappa shape index (κ2) is 5.86. The number of nitrogens with zero attached hydrogens (tertiary/aromatic N) is 5. The van der Waals surface area contributed by atoms with E-state index in [4.69, 9.17) is 0 Å². The zero-order valence-corrected chi connectivity index (χ0v) is 13.8. The van der Waals surface area contributed by atoms with Gasteiger partial charge >= 0.3 is 0 Å². The molecule has 0 amide bonds. The van der Waals surface area contributed by atoms with Crippen LogP contribution in [0, 0.1) is 0 Å². The van der Waals surface area contributed by atoms with Crippen molar-refractivity contribution >= 4 is 27.7 Å². The van der Waals surface area contributed by atoms with Gasteiger partial charge in [0.05, 0.1) is 22.9 Å². The van der Waals surface area contributed by atoms with Crippen molar-refractivity contribution in [2.24, 2.45) is 0 Å². The summed E-state index contributed by atoms with van der Waals surface area (Å²) in [5, 5.41) is 16.4. The molecule has 0 bridgehead atoms. The molecule has 4 rings (SSSR count). The number of hydrogen-bond donors (Lipinski definition) is 1. The number of aromatic nitrogens is 5. The van der Waals surface area contributed by atoms with Crippen molar-refractivity contribution in [1.29, 1.82) is 0 Å². The molecule has 4 aromatic rings. The second-order valence-electron chi connectivity index (χ2n) is 5.99. The first-order valence-corrected chi connectivity index (χ1v) is 7.80. The number of allylic oxidation sites excluding steroid dienone is 1. The van der Waals surface area contributed by atoms with E-state index >= 15 is 0 Å². The van der Waals surface area contributed by atoms with Gasteiger partial charge in [0.1, 0.15) is 5.52 Å². The summed E-state index contributed by atoms with van der Waals surface area (Å²) >= 11 is 0. The molecule has 0 aliphatic heterocycles. The fraction of sp³-hybridized carbons (Fsp3) is 0.111. The zero-order chi connectivity index (χ0) is 17.4. The maximum Gasteiger partial charge on any atom is 0.187 e. The number of H-pyrrole nitrogens is 1. The fourth-order valence-corrected chi connectivity index (χ4v) is 2.63. The van der Waals surface area contributed by atoms with Gasteiger partial charge < -0.3 is 4.90 Å². The van der Waals surface area contributed by atoms with Crippen LogP contribution in [-0.4, -0.2) is 50.0 Å². The minimum Gasteiger partial charge on any atom is -0.383 e. The lowest BCUT2D eigenvalue weighted by molar-refractivity contribution is 0.104. The average Bonchev–Trinajstić information content (AvgIpc) is 3.24. The van der Waals surface area contributed by atoms with E-state index in [1.807, 2.05) is 49.3 Å². The van der Waals surface area contributed by atoms with Crippen LogP contribution in [0.15, 0.2) is 54.9 Å². The molecule has 0 spiro atoms. The first-order chi connectivity index (χ1) is 12.1. The van der Waals surface area contributed by atoms with Gasteiger partial charge in [-0.1, -0.05) is 5.21 Å². The normalized spacial score (nSPS) is 11.6. The Kier molecular flexibility index (Phi) is 3.53. The van der Waals surface area contributed by atoms with Gasteiger partial charge in [-0.3, -0.25) is 9.89 Å². The molecule has 0 saturated carbocycles. The molecule has 0 fully saturated rings. The van der Waals surface area contributed by atoms with Crippen molar-refractivity contribution in [3.05, 3.63) is 60.4 Å². The predicted molar refractivity (Wildman–Crippen MR) is 95.7 cm³/mol.